The van der Waals surface area contributed by atoms with Crippen molar-refractivity contribution in [3.8, 4) is 11.5 Å². The van der Waals surface area contributed by atoms with Gasteiger partial charge in [0, 0.05) is 61.7 Å². The van der Waals surface area contributed by atoms with Crippen LogP contribution in [0.5, 0.6) is 11.5 Å². The highest BCUT2D eigenvalue weighted by atomic mass is 16.5. The molecule has 0 aromatic heterocycles. The topological polar surface area (TPSA) is 128 Å². The van der Waals surface area contributed by atoms with E-state index >= 15 is 0 Å². The third-order valence-electron chi connectivity index (χ3n) is 8.46. The third kappa shape index (κ3) is 9.68. The number of rotatable bonds is 6. The number of allylic oxidation sites excluding steroid dienone is 2. The van der Waals surface area contributed by atoms with Crippen molar-refractivity contribution in [2.75, 3.05) is 32.1 Å². The second-order valence-electron chi connectivity index (χ2n) is 12.4. The summed E-state index contributed by atoms with van der Waals surface area (Å²) in [7, 11) is 1.57. The monoisotopic (exact) mass is 598 g/mol. The van der Waals surface area contributed by atoms with Crippen LogP contribution in [0.4, 0.5) is 5.69 Å². The van der Waals surface area contributed by atoms with Crippen molar-refractivity contribution < 1.29 is 34.4 Å². The highest BCUT2D eigenvalue weighted by molar-refractivity contribution is 6.04. The summed E-state index contributed by atoms with van der Waals surface area (Å²) in [6, 6.07) is 1.42. The van der Waals surface area contributed by atoms with Crippen LogP contribution in [0.3, 0.4) is 0 Å². The molecule has 1 fully saturated rings. The van der Waals surface area contributed by atoms with Crippen LogP contribution in [0.1, 0.15) is 65.5 Å². The lowest BCUT2D eigenvalue weighted by Gasteiger charge is -2.29. The number of carbonyl (C=O) groups is 2. The first kappa shape index (κ1) is 34.4. The van der Waals surface area contributed by atoms with Crippen molar-refractivity contribution in [3.05, 3.63) is 52.6 Å². The average molecular weight is 599 g/mol. The van der Waals surface area contributed by atoms with Gasteiger partial charge in [-0.05, 0) is 57.6 Å². The van der Waals surface area contributed by atoms with E-state index in [1.165, 1.54) is 13.0 Å². The summed E-state index contributed by atoms with van der Waals surface area (Å²) in [5, 5.41) is 36.6. The van der Waals surface area contributed by atoms with Gasteiger partial charge in [0.2, 0.25) is 0 Å². The van der Waals surface area contributed by atoms with Crippen LogP contribution in [-0.4, -0.2) is 77.2 Å². The first-order valence-corrected chi connectivity index (χ1v) is 15.3. The summed E-state index contributed by atoms with van der Waals surface area (Å²) in [6.45, 7) is 13.9. The Morgan fingerprint density at radius 3 is 2.47 bits per heavy atom. The van der Waals surface area contributed by atoms with Crippen LogP contribution in [0.25, 0.3) is 0 Å². The summed E-state index contributed by atoms with van der Waals surface area (Å²) < 4.78 is 11.4. The van der Waals surface area contributed by atoms with E-state index in [2.05, 4.69) is 10.2 Å². The quantitative estimate of drug-likeness (QED) is 0.120. The van der Waals surface area contributed by atoms with Crippen LogP contribution in [0.2, 0.25) is 0 Å². The highest BCUT2D eigenvalue weighted by Gasteiger charge is 2.29. The number of aromatic hydroxyl groups is 2. The lowest BCUT2D eigenvalue weighted by atomic mass is 9.86. The summed E-state index contributed by atoms with van der Waals surface area (Å²) in [6.07, 6.45) is 7.61. The average Bonchev–Trinajstić information content (AvgIpc) is 3.77. The Kier molecular flexibility index (Phi) is 12.4. The van der Waals surface area contributed by atoms with Crippen molar-refractivity contribution in [2.45, 2.75) is 85.5 Å². The van der Waals surface area contributed by atoms with Crippen molar-refractivity contribution in [3.63, 3.8) is 0 Å². The highest BCUT2D eigenvalue weighted by Crippen LogP contribution is 2.40. The zero-order valence-corrected chi connectivity index (χ0v) is 26.7. The molecule has 1 aromatic carbocycles. The van der Waals surface area contributed by atoms with Crippen molar-refractivity contribution in [1.29, 1.82) is 0 Å². The molecule has 43 heavy (non-hydrogen) atoms. The van der Waals surface area contributed by atoms with E-state index in [4.69, 9.17) is 9.47 Å². The zero-order chi connectivity index (χ0) is 31.8. The molecule has 6 atom stereocenters. The van der Waals surface area contributed by atoms with E-state index in [-0.39, 0.29) is 34.9 Å². The number of phenols is 2. The van der Waals surface area contributed by atoms with Gasteiger partial charge in [0.1, 0.15) is 17.6 Å². The summed E-state index contributed by atoms with van der Waals surface area (Å²) in [5.74, 6) is -1.40. The molecule has 4 N–H and O–H groups in total. The van der Waals surface area contributed by atoms with Gasteiger partial charge in [-0.15, -0.1) is 0 Å². The number of nitrogens with zero attached hydrogens (tertiary/aromatic N) is 1. The number of esters is 1. The molecule has 2 bridgehead atoms. The molecule has 1 saturated heterocycles. The Bertz CT molecular complexity index is 1230. The largest absolute Gasteiger partial charge is 0.508 e. The van der Waals surface area contributed by atoms with Crippen molar-refractivity contribution in [2.24, 2.45) is 17.8 Å². The molecule has 2 aliphatic rings. The van der Waals surface area contributed by atoms with Crippen LogP contribution in [0, 0.1) is 17.8 Å². The number of methoxy groups -OCH3 is 1. The molecule has 0 spiro atoms. The minimum Gasteiger partial charge on any atom is -0.508 e. The Morgan fingerprint density at radius 2 is 1.84 bits per heavy atom. The number of aliphatic hydroxyl groups is 1. The summed E-state index contributed by atoms with van der Waals surface area (Å²) in [4.78, 5) is 27.3. The molecular formula is C34H50N2O7. The number of aliphatic hydroxyl groups excluding tert-OH is 1. The second kappa shape index (κ2) is 15.5. The Morgan fingerprint density at radius 1 is 1.14 bits per heavy atom. The molecule has 0 radical (unpaired) electrons. The number of hydrogen-bond acceptors (Lipinski definition) is 8. The fraction of sp³-hybridized carbons (Fsp3) is 0.588. The van der Waals surface area contributed by atoms with Crippen molar-refractivity contribution in [1.82, 2.24) is 4.90 Å². The molecule has 9 heteroatoms. The van der Waals surface area contributed by atoms with Crippen molar-refractivity contribution >= 4 is 17.6 Å². The Balaban J connectivity index is 2.04. The maximum absolute atomic E-state index is 13.1. The minimum atomic E-state index is -0.835. The molecule has 238 valence electrons. The lowest BCUT2D eigenvalue weighted by molar-refractivity contribution is -0.146. The summed E-state index contributed by atoms with van der Waals surface area (Å²) >= 11 is 0. The molecule has 0 aliphatic carbocycles. The number of anilines is 1. The van der Waals surface area contributed by atoms with Gasteiger partial charge in [0.15, 0.2) is 0 Å². The van der Waals surface area contributed by atoms with Crippen LogP contribution in [-0.2, 0) is 31.9 Å². The van der Waals surface area contributed by atoms with Crippen LogP contribution in [0.15, 0.2) is 41.5 Å². The number of amides is 1. The van der Waals surface area contributed by atoms with Gasteiger partial charge in [-0.2, -0.15) is 0 Å². The second-order valence-corrected chi connectivity index (χ2v) is 12.4. The first-order valence-electron chi connectivity index (χ1n) is 15.3. The number of phenolic OH excluding ortho intramolecular Hbond substituents is 2. The number of nitrogens with one attached hydrogen (secondary N) is 1. The number of benzene rings is 1. The maximum atomic E-state index is 13.1. The Hall–Kier alpha value is -3.14. The molecule has 9 nitrogen and oxygen atoms in total. The smallest absolute Gasteiger partial charge is 0.303 e. The predicted molar refractivity (Wildman–Crippen MR) is 168 cm³/mol. The van der Waals surface area contributed by atoms with Gasteiger partial charge in [-0.3, -0.25) is 9.59 Å². The molecule has 0 saturated carbocycles. The SMILES string of the molecule is CO[C@H]1C[C@H](C)Cc2c(O)c(cc(O)c2CCCN2CC2)NC(=O)/C(C)=C/C=C\[C@H](C)[C@@H](OC(C)=O)/C(C)=C/[C@H](C)[C@H]1O. The molecule has 2 aliphatic heterocycles. The van der Waals surface area contributed by atoms with E-state index in [1.807, 2.05) is 39.8 Å². The fourth-order valence-corrected chi connectivity index (χ4v) is 5.84. The van der Waals surface area contributed by atoms with E-state index < -0.39 is 30.2 Å². The van der Waals surface area contributed by atoms with E-state index in [0.29, 0.717) is 36.0 Å². The molecule has 0 unspecified atom stereocenters. The number of carbonyl (C=O) groups excluding carboxylic acids is 2. The van der Waals surface area contributed by atoms with Crippen LogP contribution < -0.4 is 5.32 Å². The Labute approximate surface area is 256 Å². The first-order chi connectivity index (χ1) is 20.3. The predicted octanol–water partition coefficient (Wildman–Crippen LogP) is 4.90. The maximum Gasteiger partial charge on any atom is 0.303 e. The standard InChI is InChI=1S/C34H50N2O7/c1-20-16-27-26(12-9-13-36-14-15-36)29(38)19-28(32(27)40)35-34(41)22(3)11-8-10-21(2)33(43-25(6)37)24(5)18-23(4)31(39)30(17-20)42-7/h8,10-11,18-21,23,30-31,33,38-40H,9,12-17H2,1-7H3,(H,35,41)/b10-8-,22-11+,24-18+/t20-,21+,23+,30+,31-,33-/m1/s1. The van der Waals surface area contributed by atoms with E-state index in [1.54, 1.807) is 26.2 Å². The molecular weight excluding hydrogens is 548 g/mol. The van der Waals surface area contributed by atoms with Crippen LogP contribution >= 0.6 is 0 Å². The fourth-order valence-electron chi connectivity index (χ4n) is 5.84. The van der Waals surface area contributed by atoms with Gasteiger partial charge < -0.3 is 35.0 Å². The number of fused-ring (bicyclic) bond motifs is 2. The third-order valence-corrected chi connectivity index (χ3v) is 8.46. The van der Waals surface area contributed by atoms with E-state index in [9.17, 15) is 24.9 Å². The molecule has 3 rings (SSSR count). The molecule has 1 aromatic rings. The lowest BCUT2D eigenvalue weighted by Crippen LogP contribution is -2.35. The van der Waals surface area contributed by atoms with E-state index in [0.717, 1.165) is 31.6 Å². The van der Waals surface area contributed by atoms with Gasteiger partial charge in [0.05, 0.1) is 17.9 Å². The zero-order valence-electron chi connectivity index (χ0n) is 26.7. The summed E-state index contributed by atoms with van der Waals surface area (Å²) in [5.41, 5.74) is 2.63. The normalized spacial score (nSPS) is 30.8. The molecule has 1 amide bonds. The number of hydrogen-bond donors (Lipinski definition) is 4. The molecule has 2 heterocycles. The minimum absolute atomic E-state index is 0.0383. The van der Waals surface area contributed by atoms with Gasteiger partial charge in [0.25, 0.3) is 5.91 Å². The number of ether oxygens (including phenoxy) is 2. The van der Waals surface area contributed by atoms with Gasteiger partial charge >= 0.3 is 5.97 Å². The van der Waals surface area contributed by atoms with Gasteiger partial charge in [-0.1, -0.05) is 45.1 Å². The van der Waals surface area contributed by atoms with Gasteiger partial charge in [-0.25, -0.2) is 0 Å².